The van der Waals surface area contributed by atoms with Crippen molar-refractivity contribution < 1.29 is 14.6 Å². The summed E-state index contributed by atoms with van der Waals surface area (Å²) in [5.41, 5.74) is 1.82. The highest BCUT2D eigenvalue weighted by molar-refractivity contribution is 5.95. The van der Waals surface area contributed by atoms with Crippen LogP contribution in [0.1, 0.15) is 23.1 Å². The van der Waals surface area contributed by atoms with Gasteiger partial charge in [-0.25, -0.2) is 4.98 Å². The number of carbonyl (C=O) groups is 1. The third-order valence-electron chi connectivity index (χ3n) is 2.85. The number of nitrogens with zero attached hydrogens (tertiary/aromatic N) is 2. The summed E-state index contributed by atoms with van der Waals surface area (Å²) in [5, 5.41) is 11.4. The minimum absolute atomic E-state index is 0.0900. The molecule has 0 fully saturated rings. The fourth-order valence-corrected chi connectivity index (χ4v) is 1.99. The van der Waals surface area contributed by atoms with Gasteiger partial charge in [-0.2, -0.15) is 0 Å². The monoisotopic (exact) mass is 263 g/mol. The number of ether oxygens (including phenoxy) is 1. The number of hydrogen-bond acceptors (Lipinski definition) is 4. The molecule has 2 aromatic rings. The molecular weight excluding hydrogens is 246 g/mol. The molecule has 0 bridgehead atoms. The predicted molar refractivity (Wildman–Crippen MR) is 70.5 cm³/mol. The molecule has 0 aliphatic rings. The zero-order chi connectivity index (χ0) is 13.8. The Morgan fingerprint density at radius 1 is 1.58 bits per heavy atom. The second-order valence-corrected chi connectivity index (χ2v) is 4.01. The number of imidazole rings is 1. The lowest BCUT2D eigenvalue weighted by Crippen LogP contribution is -2.28. The van der Waals surface area contributed by atoms with E-state index in [-0.39, 0.29) is 19.1 Å². The van der Waals surface area contributed by atoms with Gasteiger partial charge in [0.15, 0.2) is 11.4 Å². The summed E-state index contributed by atoms with van der Waals surface area (Å²) in [5.74, 6) is 0.380. The zero-order valence-corrected chi connectivity index (χ0v) is 11.0. The summed E-state index contributed by atoms with van der Waals surface area (Å²) in [6.07, 6.45) is 2.42. The van der Waals surface area contributed by atoms with Crippen LogP contribution in [-0.4, -0.2) is 40.7 Å². The lowest BCUT2D eigenvalue weighted by molar-refractivity contribution is 0.0938. The SMILES string of the molecule is CCc1nc2c(OC)cccn2c1C(=O)NCCO. The number of methoxy groups -OCH3 is 1. The second-order valence-electron chi connectivity index (χ2n) is 4.01. The molecule has 0 atom stereocenters. The number of rotatable bonds is 5. The zero-order valence-electron chi connectivity index (χ0n) is 11.0. The van der Waals surface area contributed by atoms with E-state index in [4.69, 9.17) is 9.84 Å². The van der Waals surface area contributed by atoms with Crippen molar-refractivity contribution in [2.24, 2.45) is 0 Å². The Labute approximate surface area is 111 Å². The molecule has 0 aliphatic heterocycles. The van der Waals surface area contributed by atoms with Crippen molar-refractivity contribution in [3.05, 3.63) is 29.7 Å². The lowest BCUT2D eigenvalue weighted by atomic mass is 10.2. The van der Waals surface area contributed by atoms with Crippen molar-refractivity contribution in [1.29, 1.82) is 0 Å². The van der Waals surface area contributed by atoms with Crippen molar-refractivity contribution in [2.45, 2.75) is 13.3 Å². The number of pyridine rings is 1. The molecule has 2 rings (SSSR count). The molecule has 6 heteroatoms. The fraction of sp³-hybridized carbons (Fsp3) is 0.385. The molecule has 0 unspecified atom stereocenters. The minimum atomic E-state index is -0.244. The van der Waals surface area contributed by atoms with Crippen LogP contribution in [-0.2, 0) is 6.42 Å². The van der Waals surface area contributed by atoms with E-state index in [1.165, 1.54) is 0 Å². The maximum atomic E-state index is 12.1. The largest absolute Gasteiger partial charge is 0.493 e. The molecular formula is C13H17N3O3. The summed E-state index contributed by atoms with van der Waals surface area (Å²) in [7, 11) is 1.57. The summed E-state index contributed by atoms with van der Waals surface area (Å²) in [6, 6.07) is 3.60. The van der Waals surface area contributed by atoms with E-state index < -0.39 is 0 Å². The Morgan fingerprint density at radius 3 is 3.00 bits per heavy atom. The Bertz CT molecular complexity index is 592. The average Bonchev–Trinajstić information content (AvgIpc) is 2.83. The summed E-state index contributed by atoms with van der Waals surface area (Å²) < 4.78 is 6.96. The van der Waals surface area contributed by atoms with Crippen molar-refractivity contribution >= 4 is 11.6 Å². The number of aliphatic hydroxyl groups excluding tert-OH is 1. The molecule has 0 aromatic carbocycles. The van der Waals surface area contributed by atoms with Crippen LogP contribution in [0.25, 0.3) is 5.65 Å². The van der Waals surface area contributed by atoms with Crippen LogP contribution in [0.4, 0.5) is 0 Å². The number of carbonyl (C=O) groups excluding carboxylic acids is 1. The predicted octanol–water partition coefficient (Wildman–Crippen LogP) is 0.627. The molecule has 2 aromatic heterocycles. The van der Waals surface area contributed by atoms with Crippen LogP contribution in [0, 0.1) is 0 Å². The van der Waals surface area contributed by atoms with Crippen LogP contribution >= 0.6 is 0 Å². The quantitative estimate of drug-likeness (QED) is 0.829. The maximum absolute atomic E-state index is 12.1. The first-order chi connectivity index (χ1) is 9.22. The molecule has 0 spiro atoms. The van der Waals surface area contributed by atoms with Crippen LogP contribution in [0.2, 0.25) is 0 Å². The number of amides is 1. The topological polar surface area (TPSA) is 75.9 Å². The van der Waals surface area contributed by atoms with Gasteiger partial charge in [0.1, 0.15) is 5.69 Å². The minimum Gasteiger partial charge on any atom is -0.493 e. The van der Waals surface area contributed by atoms with Crippen molar-refractivity contribution in [1.82, 2.24) is 14.7 Å². The normalized spacial score (nSPS) is 10.7. The lowest BCUT2D eigenvalue weighted by Gasteiger charge is -2.06. The molecule has 0 saturated carbocycles. The van der Waals surface area contributed by atoms with Gasteiger partial charge < -0.3 is 15.2 Å². The van der Waals surface area contributed by atoms with E-state index in [1.807, 2.05) is 6.92 Å². The van der Waals surface area contributed by atoms with Gasteiger partial charge in [0.2, 0.25) is 0 Å². The number of aliphatic hydroxyl groups is 1. The van der Waals surface area contributed by atoms with Gasteiger partial charge in [-0.1, -0.05) is 6.92 Å². The van der Waals surface area contributed by atoms with E-state index in [0.29, 0.717) is 29.2 Å². The first kappa shape index (κ1) is 13.4. The number of nitrogens with one attached hydrogen (secondary N) is 1. The number of aromatic nitrogens is 2. The highest BCUT2D eigenvalue weighted by Crippen LogP contribution is 2.22. The summed E-state index contributed by atoms with van der Waals surface area (Å²) in [4.78, 5) is 16.6. The van der Waals surface area contributed by atoms with Gasteiger partial charge >= 0.3 is 0 Å². The van der Waals surface area contributed by atoms with Gasteiger partial charge in [0.05, 0.1) is 19.4 Å². The second kappa shape index (κ2) is 5.71. The molecule has 19 heavy (non-hydrogen) atoms. The number of hydrogen-bond donors (Lipinski definition) is 2. The molecule has 6 nitrogen and oxygen atoms in total. The van der Waals surface area contributed by atoms with E-state index in [2.05, 4.69) is 10.3 Å². The fourth-order valence-electron chi connectivity index (χ4n) is 1.99. The standard InChI is InChI=1S/C13H17N3O3/c1-3-9-11(13(18)14-6-8-17)16-7-4-5-10(19-2)12(16)15-9/h4-5,7,17H,3,6,8H2,1-2H3,(H,14,18). The molecule has 2 heterocycles. The van der Waals surface area contributed by atoms with E-state index in [9.17, 15) is 4.79 Å². The van der Waals surface area contributed by atoms with Gasteiger partial charge in [-0.3, -0.25) is 9.20 Å². The van der Waals surface area contributed by atoms with Crippen LogP contribution in [0.5, 0.6) is 5.75 Å². The van der Waals surface area contributed by atoms with Crippen molar-refractivity contribution in [2.75, 3.05) is 20.3 Å². The Morgan fingerprint density at radius 2 is 2.37 bits per heavy atom. The third-order valence-corrected chi connectivity index (χ3v) is 2.85. The molecule has 2 N–H and O–H groups in total. The van der Waals surface area contributed by atoms with Crippen molar-refractivity contribution in [3.63, 3.8) is 0 Å². The van der Waals surface area contributed by atoms with Crippen LogP contribution in [0.15, 0.2) is 18.3 Å². The molecule has 0 radical (unpaired) electrons. The van der Waals surface area contributed by atoms with E-state index in [0.717, 1.165) is 0 Å². The van der Waals surface area contributed by atoms with E-state index >= 15 is 0 Å². The Kier molecular flexibility index (Phi) is 4.01. The van der Waals surface area contributed by atoms with Gasteiger partial charge in [0.25, 0.3) is 5.91 Å². The summed E-state index contributed by atoms with van der Waals surface area (Å²) in [6.45, 7) is 2.07. The highest BCUT2D eigenvalue weighted by Gasteiger charge is 2.19. The van der Waals surface area contributed by atoms with Crippen molar-refractivity contribution in [3.8, 4) is 5.75 Å². The first-order valence-corrected chi connectivity index (χ1v) is 6.15. The first-order valence-electron chi connectivity index (χ1n) is 6.15. The molecule has 1 amide bonds. The Balaban J connectivity index is 2.55. The van der Waals surface area contributed by atoms with Crippen LogP contribution < -0.4 is 10.1 Å². The molecule has 0 aliphatic carbocycles. The smallest absolute Gasteiger partial charge is 0.270 e. The number of fused-ring (bicyclic) bond motifs is 1. The van der Waals surface area contributed by atoms with Gasteiger partial charge in [-0.05, 0) is 18.6 Å². The summed E-state index contributed by atoms with van der Waals surface area (Å²) >= 11 is 0. The molecule has 102 valence electrons. The highest BCUT2D eigenvalue weighted by atomic mass is 16.5. The Hall–Kier alpha value is -2.08. The van der Waals surface area contributed by atoms with Gasteiger partial charge in [-0.15, -0.1) is 0 Å². The van der Waals surface area contributed by atoms with Crippen LogP contribution in [0.3, 0.4) is 0 Å². The molecule has 0 saturated heterocycles. The van der Waals surface area contributed by atoms with Gasteiger partial charge in [0, 0.05) is 12.7 Å². The number of aryl methyl sites for hydroxylation is 1. The average molecular weight is 263 g/mol. The maximum Gasteiger partial charge on any atom is 0.270 e. The third kappa shape index (κ3) is 2.39. The van der Waals surface area contributed by atoms with E-state index in [1.54, 1.807) is 29.8 Å².